The SMILES string of the molecule is COC(=O)c1cc(OCCC(F)(F)F)c(F)cc1N. The summed E-state index contributed by atoms with van der Waals surface area (Å²) in [5, 5.41) is 0. The van der Waals surface area contributed by atoms with Crippen molar-refractivity contribution in [3.8, 4) is 5.75 Å². The zero-order valence-corrected chi connectivity index (χ0v) is 9.88. The van der Waals surface area contributed by atoms with E-state index in [0.29, 0.717) is 0 Å². The minimum absolute atomic E-state index is 0.175. The molecule has 0 amide bonds. The van der Waals surface area contributed by atoms with Crippen LogP contribution in [0.3, 0.4) is 0 Å². The third-order valence-corrected chi connectivity index (χ3v) is 2.15. The normalized spacial score (nSPS) is 11.2. The van der Waals surface area contributed by atoms with Crippen molar-refractivity contribution in [3.05, 3.63) is 23.5 Å². The summed E-state index contributed by atoms with van der Waals surface area (Å²) in [5.41, 5.74) is 5.03. The molecule has 0 spiro atoms. The highest BCUT2D eigenvalue weighted by Gasteiger charge is 2.27. The molecule has 0 saturated heterocycles. The number of nitrogen functional groups attached to an aromatic ring is 1. The maximum atomic E-state index is 13.4. The molecule has 1 aromatic rings. The Morgan fingerprint density at radius 2 is 2.00 bits per heavy atom. The summed E-state index contributed by atoms with van der Waals surface area (Å²) in [6.07, 6.45) is -5.64. The van der Waals surface area contributed by atoms with Crippen molar-refractivity contribution in [2.45, 2.75) is 12.6 Å². The summed E-state index contributed by atoms with van der Waals surface area (Å²) in [6.45, 7) is -0.759. The first-order valence-corrected chi connectivity index (χ1v) is 5.11. The maximum absolute atomic E-state index is 13.4. The molecule has 0 atom stereocenters. The fourth-order valence-corrected chi connectivity index (χ4v) is 1.24. The number of alkyl halides is 3. The van der Waals surface area contributed by atoms with E-state index in [1.165, 1.54) is 0 Å². The van der Waals surface area contributed by atoms with Gasteiger partial charge in [-0.25, -0.2) is 9.18 Å². The van der Waals surface area contributed by atoms with E-state index >= 15 is 0 Å². The monoisotopic (exact) mass is 281 g/mol. The molecule has 0 aliphatic rings. The Morgan fingerprint density at radius 3 is 2.53 bits per heavy atom. The third-order valence-electron chi connectivity index (χ3n) is 2.15. The van der Waals surface area contributed by atoms with Crippen molar-refractivity contribution in [1.82, 2.24) is 0 Å². The molecule has 0 aliphatic heterocycles. The lowest BCUT2D eigenvalue weighted by Gasteiger charge is -2.11. The topological polar surface area (TPSA) is 61.5 Å². The Hall–Kier alpha value is -1.99. The zero-order chi connectivity index (χ0) is 14.6. The number of ether oxygens (including phenoxy) is 2. The molecule has 4 nitrogen and oxygen atoms in total. The number of carbonyl (C=O) groups excluding carboxylic acids is 1. The molecule has 0 fully saturated rings. The first kappa shape index (κ1) is 15.1. The number of hydrogen-bond acceptors (Lipinski definition) is 4. The van der Waals surface area contributed by atoms with Crippen molar-refractivity contribution in [3.63, 3.8) is 0 Å². The second kappa shape index (κ2) is 5.77. The molecule has 0 aromatic heterocycles. The van der Waals surface area contributed by atoms with E-state index in [1.54, 1.807) is 0 Å². The van der Waals surface area contributed by atoms with E-state index in [4.69, 9.17) is 5.73 Å². The number of methoxy groups -OCH3 is 1. The minimum atomic E-state index is -4.41. The van der Waals surface area contributed by atoms with Gasteiger partial charge in [0.05, 0.1) is 25.7 Å². The average molecular weight is 281 g/mol. The molecule has 0 radical (unpaired) electrons. The van der Waals surface area contributed by atoms with Crippen LogP contribution in [0.15, 0.2) is 12.1 Å². The fourth-order valence-electron chi connectivity index (χ4n) is 1.24. The Morgan fingerprint density at radius 1 is 1.37 bits per heavy atom. The van der Waals surface area contributed by atoms with E-state index in [-0.39, 0.29) is 11.3 Å². The maximum Gasteiger partial charge on any atom is 0.392 e. The van der Waals surface area contributed by atoms with E-state index in [9.17, 15) is 22.4 Å². The van der Waals surface area contributed by atoms with Crippen LogP contribution in [0.2, 0.25) is 0 Å². The Labute approximate surface area is 106 Å². The zero-order valence-electron chi connectivity index (χ0n) is 9.88. The number of nitrogens with two attached hydrogens (primary N) is 1. The van der Waals surface area contributed by atoms with Crippen LogP contribution in [0.5, 0.6) is 5.75 Å². The molecule has 106 valence electrons. The van der Waals surface area contributed by atoms with Gasteiger partial charge in [-0.3, -0.25) is 0 Å². The summed E-state index contributed by atoms with van der Waals surface area (Å²) < 4.78 is 58.2. The van der Waals surface area contributed by atoms with Gasteiger partial charge in [0.25, 0.3) is 0 Å². The number of anilines is 1. The number of rotatable bonds is 4. The highest BCUT2D eigenvalue weighted by Crippen LogP contribution is 2.26. The van der Waals surface area contributed by atoms with E-state index in [2.05, 4.69) is 9.47 Å². The van der Waals surface area contributed by atoms with Crippen LogP contribution >= 0.6 is 0 Å². The number of hydrogen-bond donors (Lipinski definition) is 1. The predicted octanol–water partition coefficient (Wildman–Crippen LogP) is 2.53. The molecule has 0 saturated carbocycles. The van der Waals surface area contributed by atoms with E-state index in [1.807, 2.05) is 0 Å². The quantitative estimate of drug-likeness (QED) is 0.523. The van der Waals surface area contributed by atoms with Crippen molar-refractivity contribution in [1.29, 1.82) is 0 Å². The van der Waals surface area contributed by atoms with Gasteiger partial charge in [0.15, 0.2) is 11.6 Å². The second-order valence-corrected chi connectivity index (χ2v) is 3.58. The molecule has 0 unspecified atom stereocenters. The fraction of sp³-hybridized carbons (Fsp3) is 0.364. The number of halogens is 4. The lowest BCUT2D eigenvalue weighted by molar-refractivity contribution is -0.139. The molecule has 8 heteroatoms. The van der Waals surface area contributed by atoms with Gasteiger partial charge in [0.2, 0.25) is 0 Å². The third kappa shape index (κ3) is 4.31. The molecule has 0 aliphatic carbocycles. The smallest absolute Gasteiger partial charge is 0.392 e. The van der Waals surface area contributed by atoms with Gasteiger partial charge >= 0.3 is 12.1 Å². The van der Waals surface area contributed by atoms with Crippen molar-refractivity contribution in [2.75, 3.05) is 19.5 Å². The van der Waals surface area contributed by atoms with Crippen LogP contribution in [-0.4, -0.2) is 25.9 Å². The van der Waals surface area contributed by atoms with Crippen LogP contribution in [0.25, 0.3) is 0 Å². The van der Waals surface area contributed by atoms with Crippen LogP contribution in [-0.2, 0) is 4.74 Å². The van der Waals surface area contributed by atoms with Gasteiger partial charge in [-0.05, 0) is 6.07 Å². The summed E-state index contributed by atoms with van der Waals surface area (Å²) in [5.74, 6) is -2.27. The van der Waals surface area contributed by atoms with Gasteiger partial charge in [0.1, 0.15) is 0 Å². The molecule has 2 N–H and O–H groups in total. The molecular formula is C11H11F4NO3. The first-order valence-electron chi connectivity index (χ1n) is 5.11. The Kier molecular flexibility index (Phi) is 4.57. The highest BCUT2D eigenvalue weighted by atomic mass is 19.4. The molecule has 1 rings (SSSR count). The lowest BCUT2D eigenvalue weighted by Crippen LogP contribution is -2.14. The van der Waals surface area contributed by atoms with Gasteiger partial charge in [-0.2, -0.15) is 13.2 Å². The first-order chi connectivity index (χ1) is 8.74. The van der Waals surface area contributed by atoms with Crippen LogP contribution in [0.4, 0.5) is 23.2 Å². The van der Waals surface area contributed by atoms with Gasteiger partial charge in [-0.1, -0.05) is 0 Å². The number of benzene rings is 1. The second-order valence-electron chi connectivity index (χ2n) is 3.58. The molecular weight excluding hydrogens is 270 g/mol. The summed E-state index contributed by atoms with van der Waals surface area (Å²) in [4.78, 5) is 11.3. The van der Waals surface area contributed by atoms with Crippen LogP contribution in [0, 0.1) is 5.82 Å². The van der Waals surface area contributed by atoms with Crippen molar-refractivity contribution >= 4 is 11.7 Å². The van der Waals surface area contributed by atoms with Gasteiger partial charge in [-0.15, -0.1) is 0 Å². The summed E-state index contributed by atoms with van der Waals surface area (Å²) in [6, 6.07) is 1.70. The predicted molar refractivity (Wildman–Crippen MR) is 58.3 cm³/mol. The van der Waals surface area contributed by atoms with E-state index < -0.39 is 36.7 Å². The largest absolute Gasteiger partial charge is 0.490 e. The lowest BCUT2D eigenvalue weighted by atomic mass is 10.1. The molecule has 0 bridgehead atoms. The van der Waals surface area contributed by atoms with Crippen LogP contribution in [0.1, 0.15) is 16.8 Å². The van der Waals surface area contributed by atoms with Crippen LogP contribution < -0.4 is 10.5 Å². The Bertz CT molecular complexity index is 474. The molecule has 1 aromatic carbocycles. The summed E-state index contributed by atoms with van der Waals surface area (Å²) in [7, 11) is 1.09. The standard InChI is InChI=1S/C11H11F4NO3/c1-18-10(17)6-4-9(7(12)5-8(6)16)19-3-2-11(13,14)15/h4-5H,2-3,16H2,1H3. The van der Waals surface area contributed by atoms with Gasteiger partial charge < -0.3 is 15.2 Å². The van der Waals surface area contributed by atoms with Crippen molar-refractivity contribution in [2.24, 2.45) is 0 Å². The highest BCUT2D eigenvalue weighted by molar-refractivity contribution is 5.95. The number of esters is 1. The minimum Gasteiger partial charge on any atom is -0.490 e. The van der Waals surface area contributed by atoms with E-state index in [0.717, 1.165) is 19.2 Å². The average Bonchev–Trinajstić information content (AvgIpc) is 2.29. The van der Waals surface area contributed by atoms with Crippen molar-refractivity contribution < 1.29 is 31.8 Å². The Balaban J connectivity index is 2.86. The molecule has 0 heterocycles. The van der Waals surface area contributed by atoms with Gasteiger partial charge in [0, 0.05) is 11.8 Å². The molecule has 19 heavy (non-hydrogen) atoms. The number of carbonyl (C=O) groups is 1. The summed E-state index contributed by atoms with van der Waals surface area (Å²) >= 11 is 0.